The van der Waals surface area contributed by atoms with Crippen LogP contribution in [0.25, 0.3) is 0 Å². The number of aliphatic hydroxyl groups excluding tert-OH is 1. The Morgan fingerprint density at radius 3 is 2.50 bits per heavy atom. The van der Waals surface area contributed by atoms with E-state index in [0.717, 1.165) is 21.8 Å². The van der Waals surface area contributed by atoms with Gasteiger partial charge >= 0.3 is 0 Å². The van der Waals surface area contributed by atoms with Crippen molar-refractivity contribution in [1.82, 2.24) is 10.3 Å². The highest BCUT2D eigenvalue weighted by atomic mass is 32.1. The van der Waals surface area contributed by atoms with Crippen LogP contribution in [-0.4, -0.2) is 22.6 Å². The Kier molecular flexibility index (Phi) is 4.52. The second-order valence-electron chi connectivity index (χ2n) is 4.82. The molecule has 0 saturated heterocycles. The number of aliphatic hydroxyl groups is 1. The van der Waals surface area contributed by atoms with Gasteiger partial charge in [0.2, 0.25) is 0 Å². The highest BCUT2D eigenvalue weighted by Gasteiger charge is 2.18. The summed E-state index contributed by atoms with van der Waals surface area (Å²) >= 11 is 1.54. The Morgan fingerprint density at radius 2 is 2.00 bits per heavy atom. The molecule has 2 aromatic rings. The fraction of sp³-hybridized carbons (Fsp3) is 0.333. The fourth-order valence-electron chi connectivity index (χ4n) is 2.14. The van der Waals surface area contributed by atoms with Gasteiger partial charge in [0.05, 0.1) is 12.6 Å². The number of amides is 1. The van der Waals surface area contributed by atoms with Gasteiger partial charge in [-0.1, -0.05) is 0 Å². The van der Waals surface area contributed by atoms with E-state index in [1.165, 1.54) is 11.3 Å². The maximum absolute atomic E-state index is 12.3. The summed E-state index contributed by atoms with van der Waals surface area (Å²) in [5.74, 6) is -0.189. The lowest BCUT2D eigenvalue weighted by molar-refractivity contribution is 0.0917. The summed E-state index contributed by atoms with van der Waals surface area (Å²) in [5, 5.41) is 14.3. The number of carbonyl (C=O) groups is 1. The Balaban J connectivity index is 2.19. The molecule has 1 atom stereocenters. The molecule has 5 heteroatoms. The number of hydrogen-bond donors (Lipinski definition) is 2. The molecule has 2 N–H and O–H groups in total. The van der Waals surface area contributed by atoms with Crippen molar-refractivity contribution >= 4 is 17.2 Å². The van der Waals surface area contributed by atoms with E-state index in [9.17, 15) is 9.90 Å². The molecule has 0 spiro atoms. The van der Waals surface area contributed by atoms with Crippen molar-refractivity contribution in [3.63, 3.8) is 0 Å². The van der Waals surface area contributed by atoms with Crippen LogP contribution in [0.2, 0.25) is 0 Å². The molecular formula is C15H18N2O2S. The minimum Gasteiger partial charge on any atom is -0.394 e. The maximum atomic E-state index is 12.3. The lowest BCUT2D eigenvalue weighted by Gasteiger charge is -2.16. The zero-order valence-electron chi connectivity index (χ0n) is 11.8. The summed E-state index contributed by atoms with van der Waals surface area (Å²) in [4.78, 5) is 17.5. The summed E-state index contributed by atoms with van der Waals surface area (Å²) in [6.45, 7) is 5.57. The first kappa shape index (κ1) is 14.7. The third-order valence-electron chi connectivity index (χ3n) is 3.05. The van der Waals surface area contributed by atoms with E-state index in [-0.39, 0.29) is 18.6 Å². The second-order valence-corrected chi connectivity index (χ2v) is 5.76. The molecule has 0 fully saturated rings. The van der Waals surface area contributed by atoms with Gasteiger partial charge in [-0.25, -0.2) is 0 Å². The molecule has 0 unspecified atom stereocenters. The first-order valence-electron chi connectivity index (χ1n) is 6.42. The predicted octanol–water partition coefficient (Wildman–Crippen LogP) is 2.53. The highest BCUT2D eigenvalue weighted by Crippen LogP contribution is 2.24. The summed E-state index contributed by atoms with van der Waals surface area (Å²) in [6.07, 6.45) is 0. The summed E-state index contributed by atoms with van der Waals surface area (Å²) in [6, 6.07) is 5.11. The molecule has 20 heavy (non-hydrogen) atoms. The third-order valence-corrected chi connectivity index (χ3v) is 4.18. The van der Waals surface area contributed by atoms with Gasteiger partial charge in [0.15, 0.2) is 0 Å². The van der Waals surface area contributed by atoms with E-state index in [2.05, 4.69) is 10.3 Å². The fourth-order valence-corrected chi connectivity index (χ4v) is 3.11. The molecule has 0 saturated carbocycles. The van der Waals surface area contributed by atoms with Gasteiger partial charge < -0.3 is 10.4 Å². The molecule has 106 valence electrons. The minimum atomic E-state index is -0.365. The second kappa shape index (κ2) is 6.15. The Labute approximate surface area is 122 Å². The van der Waals surface area contributed by atoms with E-state index in [1.54, 1.807) is 12.1 Å². The van der Waals surface area contributed by atoms with E-state index >= 15 is 0 Å². The molecule has 1 amide bonds. The SMILES string of the molecule is Cc1cc(C(=O)N[C@@H](CO)c2sccc2C)cc(C)n1. The molecular weight excluding hydrogens is 272 g/mol. The molecule has 0 radical (unpaired) electrons. The molecule has 2 aromatic heterocycles. The predicted molar refractivity (Wildman–Crippen MR) is 80.1 cm³/mol. The van der Waals surface area contributed by atoms with Crippen molar-refractivity contribution in [3.05, 3.63) is 51.0 Å². The normalized spacial score (nSPS) is 12.2. The van der Waals surface area contributed by atoms with Crippen LogP contribution in [0.5, 0.6) is 0 Å². The zero-order chi connectivity index (χ0) is 14.7. The van der Waals surface area contributed by atoms with Gasteiger partial charge in [0.1, 0.15) is 0 Å². The van der Waals surface area contributed by atoms with E-state index in [1.807, 2.05) is 32.2 Å². The van der Waals surface area contributed by atoms with E-state index in [4.69, 9.17) is 0 Å². The molecule has 0 aliphatic carbocycles. The van der Waals surface area contributed by atoms with Crippen molar-refractivity contribution in [1.29, 1.82) is 0 Å². The molecule has 2 heterocycles. The molecule has 2 rings (SSSR count). The number of thiophene rings is 1. The van der Waals surface area contributed by atoms with Gasteiger partial charge in [-0.3, -0.25) is 9.78 Å². The average molecular weight is 290 g/mol. The molecule has 0 bridgehead atoms. The summed E-state index contributed by atoms with van der Waals surface area (Å²) < 4.78 is 0. The van der Waals surface area contributed by atoms with Gasteiger partial charge in [0, 0.05) is 21.8 Å². The van der Waals surface area contributed by atoms with Crippen LogP contribution in [-0.2, 0) is 0 Å². The van der Waals surface area contributed by atoms with Gasteiger partial charge in [-0.2, -0.15) is 0 Å². The lowest BCUT2D eigenvalue weighted by atomic mass is 10.1. The molecule has 0 aliphatic rings. The highest BCUT2D eigenvalue weighted by molar-refractivity contribution is 7.10. The standard InChI is InChI=1S/C15H18N2O2S/c1-9-4-5-20-14(9)13(8-18)17-15(19)12-6-10(2)16-11(3)7-12/h4-7,13,18H,8H2,1-3H3,(H,17,19)/t13-/m0/s1. The van der Waals surface area contributed by atoms with Crippen LogP contribution in [0.3, 0.4) is 0 Å². The summed E-state index contributed by atoms with van der Waals surface area (Å²) in [7, 11) is 0. The first-order chi connectivity index (χ1) is 9.51. The van der Waals surface area contributed by atoms with Gasteiger partial charge in [-0.15, -0.1) is 11.3 Å². The number of aryl methyl sites for hydroxylation is 3. The van der Waals surface area contributed by atoms with Gasteiger partial charge in [0.25, 0.3) is 5.91 Å². The van der Waals surface area contributed by atoms with Crippen molar-refractivity contribution in [2.24, 2.45) is 0 Å². The number of nitrogens with zero attached hydrogens (tertiary/aromatic N) is 1. The maximum Gasteiger partial charge on any atom is 0.252 e. The molecule has 0 aliphatic heterocycles. The quantitative estimate of drug-likeness (QED) is 0.909. The Hall–Kier alpha value is -1.72. The van der Waals surface area contributed by atoms with Gasteiger partial charge in [-0.05, 0) is 49.9 Å². The van der Waals surface area contributed by atoms with Crippen molar-refractivity contribution < 1.29 is 9.90 Å². The zero-order valence-corrected chi connectivity index (χ0v) is 12.6. The van der Waals surface area contributed by atoms with Crippen LogP contribution < -0.4 is 5.32 Å². The number of hydrogen-bond acceptors (Lipinski definition) is 4. The molecule has 0 aromatic carbocycles. The van der Waals surface area contributed by atoms with E-state index < -0.39 is 0 Å². The Morgan fingerprint density at radius 1 is 1.35 bits per heavy atom. The monoisotopic (exact) mass is 290 g/mol. The number of aromatic nitrogens is 1. The van der Waals surface area contributed by atoms with Crippen LogP contribution in [0.4, 0.5) is 0 Å². The van der Waals surface area contributed by atoms with Crippen LogP contribution in [0.1, 0.15) is 38.2 Å². The first-order valence-corrected chi connectivity index (χ1v) is 7.30. The molecule has 4 nitrogen and oxygen atoms in total. The van der Waals surface area contributed by atoms with E-state index in [0.29, 0.717) is 5.56 Å². The van der Waals surface area contributed by atoms with Crippen molar-refractivity contribution in [3.8, 4) is 0 Å². The number of carbonyl (C=O) groups excluding carboxylic acids is 1. The Bertz CT molecular complexity index is 602. The number of nitrogens with one attached hydrogen (secondary N) is 1. The third kappa shape index (κ3) is 3.23. The number of pyridine rings is 1. The minimum absolute atomic E-state index is 0.115. The summed E-state index contributed by atoms with van der Waals surface area (Å²) in [5.41, 5.74) is 3.27. The van der Waals surface area contributed by atoms with Crippen LogP contribution >= 0.6 is 11.3 Å². The largest absolute Gasteiger partial charge is 0.394 e. The van der Waals surface area contributed by atoms with Crippen molar-refractivity contribution in [2.45, 2.75) is 26.8 Å². The topological polar surface area (TPSA) is 62.2 Å². The lowest BCUT2D eigenvalue weighted by Crippen LogP contribution is -2.30. The number of rotatable bonds is 4. The van der Waals surface area contributed by atoms with Crippen molar-refractivity contribution in [2.75, 3.05) is 6.61 Å². The average Bonchev–Trinajstić information content (AvgIpc) is 2.80. The smallest absolute Gasteiger partial charge is 0.252 e. The van der Waals surface area contributed by atoms with Crippen LogP contribution in [0.15, 0.2) is 23.6 Å². The van der Waals surface area contributed by atoms with Crippen LogP contribution in [0, 0.1) is 20.8 Å².